The first-order valence-electron chi connectivity index (χ1n) is 9.23. The molecule has 27 heavy (non-hydrogen) atoms. The summed E-state index contributed by atoms with van der Waals surface area (Å²) in [6.07, 6.45) is 2.37. The van der Waals surface area contributed by atoms with E-state index in [-0.39, 0.29) is 29.5 Å². The number of nitrogens with zero attached hydrogens (tertiary/aromatic N) is 1. The number of ketones is 1. The number of hydrogen-bond acceptors (Lipinski definition) is 5. The first-order valence-corrected chi connectivity index (χ1v) is 12.4. The van der Waals surface area contributed by atoms with Gasteiger partial charge in [0, 0.05) is 6.42 Å². The predicted molar refractivity (Wildman–Crippen MR) is 106 cm³/mol. The van der Waals surface area contributed by atoms with Gasteiger partial charge in [0.05, 0.1) is 6.04 Å². The van der Waals surface area contributed by atoms with E-state index in [1.54, 1.807) is 12.1 Å². The molecule has 2 rings (SSSR count). The summed E-state index contributed by atoms with van der Waals surface area (Å²) >= 11 is 0. The molecule has 7 nitrogen and oxygen atoms in total. The van der Waals surface area contributed by atoms with E-state index in [4.69, 9.17) is 10.2 Å². The highest BCUT2D eigenvalue weighted by Gasteiger charge is 2.30. The Hall–Kier alpha value is -2.48. The number of rotatable bonds is 10. The van der Waals surface area contributed by atoms with Gasteiger partial charge in [-0.25, -0.2) is 4.98 Å². The first-order chi connectivity index (χ1) is 12.7. The number of hydrogen-bond donors (Lipinski definition) is 2. The minimum Gasteiger partial charge on any atom is -0.434 e. The molecule has 0 bridgehead atoms. The average Bonchev–Trinajstić information content (AvgIpc) is 3.07. The van der Waals surface area contributed by atoms with E-state index >= 15 is 0 Å². The standard InChI is InChI=1S/C19H27N3O4Si/c1-4-5-8-14(21-16(23)11-12-27(2,3)19(20)25)17(24)18-22-13-9-6-7-10-15(13)26-18/h6-7,9-10,14H,4-5,8,11-12H2,1-3H3,(H2,20,25)(H,21,23)/t14-/m1/s1. The molecule has 0 saturated heterocycles. The van der Waals surface area contributed by atoms with Gasteiger partial charge in [0.2, 0.25) is 11.7 Å². The number of para-hydroxylation sites is 2. The molecule has 1 atom stereocenters. The predicted octanol–water partition coefficient (Wildman–Crippen LogP) is 3.44. The van der Waals surface area contributed by atoms with Crippen LogP contribution in [0.1, 0.15) is 43.3 Å². The van der Waals surface area contributed by atoms with Gasteiger partial charge in [-0.3, -0.25) is 14.4 Å². The fraction of sp³-hybridized carbons (Fsp3) is 0.474. The van der Waals surface area contributed by atoms with Gasteiger partial charge in [-0.05, 0) is 24.6 Å². The molecular formula is C19H27N3O4Si. The first kappa shape index (κ1) is 20.8. The summed E-state index contributed by atoms with van der Waals surface area (Å²) in [4.78, 5) is 40.9. The number of nitrogens with two attached hydrogens (primary N) is 1. The average molecular weight is 390 g/mol. The summed E-state index contributed by atoms with van der Waals surface area (Å²) in [5, 5.41) is 2.79. The Balaban J connectivity index is 2.08. The van der Waals surface area contributed by atoms with Crippen molar-refractivity contribution in [3.63, 3.8) is 0 Å². The van der Waals surface area contributed by atoms with Gasteiger partial charge in [0.1, 0.15) is 5.52 Å². The molecular weight excluding hydrogens is 362 g/mol. The molecule has 2 aromatic rings. The third-order valence-electron chi connectivity index (χ3n) is 4.65. The van der Waals surface area contributed by atoms with E-state index in [1.165, 1.54) is 0 Å². The highest BCUT2D eigenvalue weighted by Crippen LogP contribution is 2.18. The van der Waals surface area contributed by atoms with Crippen molar-refractivity contribution in [2.75, 3.05) is 0 Å². The molecule has 0 unspecified atom stereocenters. The van der Waals surface area contributed by atoms with Crippen LogP contribution in [0, 0.1) is 0 Å². The topological polar surface area (TPSA) is 115 Å². The normalized spacial score (nSPS) is 12.7. The maximum atomic E-state index is 12.8. The Morgan fingerprint density at radius 1 is 1.26 bits per heavy atom. The van der Waals surface area contributed by atoms with Crippen LogP contribution in [0.2, 0.25) is 19.1 Å². The van der Waals surface area contributed by atoms with Crippen molar-refractivity contribution in [2.45, 2.75) is 57.8 Å². The Bertz CT molecular complexity index is 798. The van der Waals surface area contributed by atoms with Crippen molar-refractivity contribution in [2.24, 2.45) is 5.73 Å². The minimum atomic E-state index is -2.27. The van der Waals surface area contributed by atoms with Crippen LogP contribution in [0.25, 0.3) is 11.1 Å². The second-order valence-corrected chi connectivity index (χ2v) is 12.1. The molecule has 1 heterocycles. The third-order valence-corrected chi connectivity index (χ3v) is 7.48. The van der Waals surface area contributed by atoms with Crippen LogP contribution < -0.4 is 11.1 Å². The van der Waals surface area contributed by atoms with Gasteiger partial charge < -0.3 is 15.5 Å². The van der Waals surface area contributed by atoms with Crippen LogP contribution in [0.5, 0.6) is 0 Å². The number of carbonyl (C=O) groups is 3. The number of benzene rings is 1. The smallest absolute Gasteiger partial charge is 0.266 e. The van der Waals surface area contributed by atoms with Gasteiger partial charge in [-0.1, -0.05) is 45.0 Å². The molecule has 146 valence electrons. The summed E-state index contributed by atoms with van der Waals surface area (Å²) in [6.45, 7) is 5.69. The van der Waals surface area contributed by atoms with E-state index in [0.717, 1.165) is 12.8 Å². The van der Waals surface area contributed by atoms with Crippen LogP contribution in [0.4, 0.5) is 4.79 Å². The molecule has 0 saturated carbocycles. The van der Waals surface area contributed by atoms with Gasteiger partial charge >= 0.3 is 0 Å². The molecule has 1 aromatic carbocycles. The Morgan fingerprint density at radius 2 is 1.96 bits per heavy atom. The van der Waals surface area contributed by atoms with Crippen LogP contribution in [0.15, 0.2) is 28.7 Å². The fourth-order valence-electron chi connectivity index (χ4n) is 2.62. The van der Waals surface area contributed by atoms with E-state index in [0.29, 0.717) is 23.6 Å². The lowest BCUT2D eigenvalue weighted by Crippen LogP contribution is -2.45. The number of amides is 2. The molecule has 0 aliphatic rings. The van der Waals surface area contributed by atoms with Crippen molar-refractivity contribution < 1.29 is 18.8 Å². The molecule has 8 heteroatoms. The molecule has 1 aromatic heterocycles. The summed E-state index contributed by atoms with van der Waals surface area (Å²) in [7, 11) is -2.27. The summed E-state index contributed by atoms with van der Waals surface area (Å²) in [6, 6.07) is 6.90. The van der Waals surface area contributed by atoms with Crippen LogP contribution >= 0.6 is 0 Å². The number of primary amides is 1. The Labute approximate surface area is 159 Å². The van der Waals surface area contributed by atoms with Gasteiger partial charge in [0.25, 0.3) is 5.89 Å². The van der Waals surface area contributed by atoms with Crippen molar-refractivity contribution >= 4 is 36.4 Å². The number of oxazole rings is 1. The van der Waals surface area contributed by atoms with E-state index in [2.05, 4.69) is 10.3 Å². The lowest BCUT2D eigenvalue weighted by molar-refractivity contribution is -0.121. The number of unbranched alkanes of at least 4 members (excludes halogenated alkanes) is 1. The molecule has 3 N–H and O–H groups in total. The molecule has 0 fully saturated rings. The summed E-state index contributed by atoms with van der Waals surface area (Å²) in [5.74, 6) is -0.591. The highest BCUT2D eigenvalue weighted by atomic mass is 28.3. The van der Waals surface area contributed by atoms with Crippen molar-refractivity contribution in [3.05, 3.63) is 30.2 Å². The quantitative estimate of drug-likeness (QED) is 0.477. The number of aromatic nitrogens is 1. The second-order valence-electron chi connectivity index (χ2n) is 7.36. The zero-order valence-electron chi connectivity index (χ0n) is 16.1. The van der Waals surface area contributed by atoms with Crippen molar-refractivity contribution in [1.29, 1.82) is 0 Å². The maximum absolute atomic E-state index is 12.8. The number of fused-ring (bicyclic) bond motifs is 1. The zero-order chi connectivity index (χ0) is 20.0. The molecule has 0 radical (unpaired) electrons. The fourth-order valence-corrected chi connectivity index (χ4v) is 3.72. The van der Waals surface area contributed by atoms with Crippen molar-refractivity contribution in [1.82, 2.24) is 10.3 Å². The molecule has 0 spiro atoms. The zero-order valence-corrected chi connectivity index (χ0v) is 17.1. The molecule has 0 aliphatic heterocycles. The Kier molecular flexibility index (Phi) is 6.90. The second kappa shape index (κ2) is 8.94. The number of carbonyl (C=O) groups excluding carboxylic acids is 3. The summed E-state index contributed by atoms with van der Waals surface area (Å²) < 4.78 is 5.55. The Morgan fingerprint density at radius 3 is 2.59 bits per heavy atom. The van der Waals surface area contributed by atoms with E-state index in [1.807, 2.05) is 32.2 Å². The minimum absolute atomic E-state index is 0.00411. The lowest BCUT2D eigenvalue weighted by atomic mass is 10.1. The molecule has 2 amide bonds. The summed E-state index contributed by atoms with van der Waals surface area (Å²) in [5.41, 5.74) is 6.23. The van der Waals surface area contributed by atoms with Crippen LogP contribution in [-0.4, -0.2) is 36.3 Å². The highest BCUT2D eigenvalue weighted by molar-refractivity contribution is 7.04. The van der Waals surface area contributed by atoms with E-state index < -0.39 is 14.1 Å². The van der Waals surface area contributed by atoms with Gasteiger partial charge in [-0.15, -0.1) is 0 Å². The van der Waals surface area contributed by atoms with E-state index in [9.17, 15) is 14.4 Å². The molecule has 0 aliphatic carbocycles. The maximum Gasteiger partial charge on any atom is 0.266 e. The third kappa shape index (κ3) is 5.49. The lowest BCUT2D eigenvalue weighted by Gasteiger charge is -2.19. The monoisotopic (exact) mass is 389 g/mol. The SMILES string of the molecule is CCCC[C@@H](NC(=O)CC[Si](C)(C)C(N)=O)C(=O)c1nc2ccccc2o1. The number of nitrogens with one attached hydrogen (secondary N) is 1. The van der Waals surface area contributed by atoms with Crippen molar-refractivity contribution in [3.8, 4) is 0 Å². The number of Topliss-reactive ketones (excluding diaryl/α,β-unsaturated/α-hetero) is 1. The largest absolute Gasteiger partial charge is 0.434 e. The van der Waals surface area contributed by atoms with Gasteiger partial charge in [0.15, 0.2) is 19.2 Å². The van der Waals surface area contributed by atoms with Crippen LogP contribution in [-0.2, 0) is 4.79 Å². The van der Waals surface area contributed by atoms with Gasteiger partial charge in [-0.2, -0.15) is 0 Å². The van der Waals surface area contributed by atoms with Crippen LogP contribution in [0.3, 0.4) is 0 Å².